The number of cyclic esters (lactones) is 1. The van der Waals surface area contributed by atoms with Crippen molar-refractivity contribution in [3.05, 3.63) is 59.8 Å². The molecule has 1 amide bonds. The lowest BCUT2D eigenvalue weighted by molar-refractivity contribution is -0.149. The molecule has 1 heterocycles. The van der Waals surface area contributed by atoms with Crippen LogP contribution < -0.4 is 11.1 Å². The predicted molar refractivity (Wildman–Crippen MR) is 291 cm³/mol. The van der Waals surface area contributed by atoms with Gasteiger partial charge in [-0.25, -0.2) is 4.79 Å². The number of hydrogen-bond acceptors (Lipinski definition) is 18. The third-order valence-corrected chi connectivity index (χ3v) is 15.3. The first kappa shape index (κ1) is 71.1. The van der Waals surface area contributed by atoms with E-state index < -0.39 is 127 Å². The molecular weight excluding hydrogens is 985 g/mol. The van der Waals surface area contributed by atoms with Gasteiger partial charge in [-0.15, -0.1) is 0 Å². The number of rotatable bonds is 7. The van der Waals surface area contributed by atoms with Crippen LogP contribution in [0.5, 0.6) is 0 Å². The molecule has 19 nitrogen and oxygen atoms in total. The number of allylic oxidation sites excluding steroid dienone is 2. The molecule has 17 N–H and O–H groups in total. The van der Waals surface area contributed by atoms with E-state index in [1.54, 1.807) is 58.9 Å². The third-order valence-electron chi connectivity index (χ3n) is 15.3. The lowest BCUT2D eigenvalue weighted by atomic mass is 9.82. The fraction of sp³-hybridized carbons (Fsp3) is 0.789. The molecule has 22 unspecified atom stereocenters. The monoisotopic (exact) mass is 1090 g/mol. The Balaban J connectivity index is 3.37. The van der Waals surface area contributed by atoms with E-state index in [-0.39, 0.29) is 87.8 Å². The highest BCUT2D eigenvalue weighted by Crippen LogP contribution is 2.28. The van der Waals surface area contributed by atoms with Crippen molar-refractivity contribution >= 4 is 11.9 Å². The van der Waals surface area contributed by atoms with Gasteiger partial charge in [-0.3, -0.25) is 4.79 Å². The van der Waals surface area contributed by atoms with Gasteiger partial charge < -0.3 is 87.3 Å². The molecular formula is C57H102N2O17. The number of aliphatic hydroxyl groups excluding tert-OH is 14. The average Bonchev–Trinajstić information content (AvgIpc) is 3.36. The molecule has 76 heavy (non-hydrogen) atoms. The van der Waals surface area contributed by atoms with Crippen LogP contribution in [-0.4, -0.2) is 188 Å². The Hall–Kier alpha value is -2.96. The standard InChI is InChI=1S/C57H102N2O17/c1-32-14-10-11-18-46(65)38(7)55(73)33(2)15-12-16-35(4)57(75)76-52(37(6)47(66)22-23-53(71)59-25-24-58)19-13-17-41(60)27-42(61)29-48(67)39(8)56(74)40(9)49(68)30-43(62)28-44(63)31-51(70)50(69)26-36(5)54(72)34(3)20-21-45(32)64/h10,13-14,16-17,20-21,26,32-34,37-52,54-56,60-70,72-74H,11-12,15,18-19,22-25,27-31,58H2,1-9H3,(H,59,71). The summed E-state index contributed by atoms with van der Waals surface area (Å²) in [7, 11) is 0. The van der Waals surface area contributed by atoms with Crippen molar-refractivity contribution in [3.63, 3.8) is 0 Å². The van der Waals surface area contributed by atoms with Gasteiger partial charge in [-0.1, -0.05) is 97.1 Å². The molecule has 442 valence electrons. The Kier molecular flexibility index (Phi) is 34.7. The molecule has 0 aromatic carbocycles. The van der Waals surface area contributed by atoms with Crippen molar-refractivity contribution in [3.8, 4) is 0 Å². The first-order valence-corrected chi connectivity index (χ1v) is 27.6. The molecule has 0 bridgehead atoms. The number of aliphatic hydroxyl groups is 14. The molecule has 0 fully saturated rings. The lowest BCUT2D eigenvalue weighted by Crippen LogP contribution is -2.41. The molecule has 0 saturated carbocycles. The minimum absolute atomic E-state index is 0.00351. The predicted octanol–water partition coefficient (Wildman–Crippen LogP) is 1.73. The first-order chi connectivity index (χ1) is 35.5. The van der Waals surface area contributed by atoms with E-state index in [1.807, 2.05) is 26.0 Å². The van der Waals surface area contributed by atoms with Crippen molar-refractivity contribution in [2.45, 2.75) is 231 Å². The van der Waals surface area contributed by atoms with E-state index in [9.17, 15) is 81.1 Å². The summed E-state index contributed by atoms with van der Waals surface area (Å²) in [5, 5.41) is 155. The largest absolute Gasteiger partial charge is 0.458 e. The lowest BCUT2D eigenvalue weighted by Gasteiger charge is -2.33. The summed E-state index contributed by atoms with van der Waals surface area (Å²) in [6.45, 7) is 15.5. The number of esters is 1. The molecule has 0 aromatic rings. The summed E-state index contributed by atoms with van der Waals surface area (Å²) < 4.78 is 5.91. The molecule has 0 spiro atoms. The highest BCUT2D eigenvalue weighted by atomic mass is 16.5. The van der Waals surface area contributed by atoms with E-state index in [4.69, 9.17) is 10.5 Å². The molecule has 0 aromatic heterocycles. The zero-order valence-electron chi connectivity index (χ0n) is 46.8. The van der Waals surface area contributed by atoms with E-state index in [0.29, 0.717) is 31.3 Å². The fourth-order valence-corrected chi connectivity index (χ4v) is 9.34. The van der Waals surface area contributed by atoms with Crippen LogP contribution in [0.2, 0.25) is 0 Å². The Labute approximate surface area is 452 Å². The van der Waals surface area contributed by atoms with Gasteiger partial charge in [0.2, 0.25) is 5.91 Å². The van der Waals surface area contributed by atoms with Crippen molar-refractivity contribution in [1.29, 1.82) is 0 Å². The summed E-state index contributed by atoms with van der Waals surface area (Å²) >= 11 is 0. The molecule has 1 aliphatic rings. The Bertz CT molecular complexity index is 1780. The highest BCUT2D eigenvalue weighted by molar-refractivity contribution is 5.87. The number of nitrogens with two attached hydrogens (primary N) is 1. The molecule has 19 heteroatoms. The summed E-state index contributed by atoms with van der Waals surface area (Å²) in [4.78, 5) is 25.7. The van der Waals surface area contributed by atoms with Crippen LogP contribution in [0.3, 0.4) is 0 Å². The molecule has 22 atom stereocenters. The number of ether oxygens (including phenoxy) is 1. The highest BCUT2D eigenvalue weighted by Gasteiger charge is 2.34. The van der Waals surface area contributed by atoms with Gasteiger partial charge in [-0.05, 0) is 76.7 Å². The zero-order chi connectivity index (χ0) is 58.0. The SMILES string of the molecule is CC1=CCCC(C)C(O)C(C)C(O)CCC=CC(C)C(O)C=CC(C)C(O)C(C)=CC(O)C(O)CC(O)CC(O)CC(O)C(C)C(O)C(C)C(O)CC(O)CC(O)C=CCC(C(C)C(O)CCC(=O)NCCN)OC1=O. The second-order valence-electron chi connectivity index (χ2n) is 22.1. The van der Waals surface area contributed by atoms with Crippen LogP contribution in [0, 0.1) is 41.4 Å². The summed E-state index contributed by atoms with van der Waals surface area (Å²) in [5.41, 5.74) is 6.09. The van der Waals surface area contributed by atoms with Crippen LogP contribution in [0.25, 0.3) is 0 Å². The van der Waals surface area contributed by atoms with Crippen LogP contribution in [0.4, 0.5) is 0 Å². The van der Waals surface area contributed by atoms with Crippen LogP contribution >= 0.6 is 0 Å². The van der Waals surface area contributed by atoms with E-state index >= 15 is 0 Å². The second-order valence-corrected chi connectivity index (χ2v) is 22.1. The molecule has 0 saturated heterocycles. The van der Waals surface area contributed by atoms with Crippen LogP contribution in [-0.2, 0) is 14.3 Å². The maximum Gasteiger partial charge on any atom is 0.333 e. The Morgan fingerprint density at radius 2 is 1.24 bits per heavy atom. The minimum Gasteiger partial charge on any atom is -0.458 e. The molecule has 1 aliphatic heterocycles. The van der Waals surface area contributed by atoms with Gasteiger partial charge in [0, 0.05) is 79.9 Å². The van der Waals surface area contributed by atoms with E-state index in [1.165, 1.54) is 26.0 Å². The number of nitrogens with one attached hydrogen (secondary N) is 1. The maximum atomic E-state index is 13.5. The Morgan fingerprint density at radius 1 is 0.671 bits per heavy atom. The van der Waals surface area contributed by atoms with Gasteiger partial charge in [0.1, 0.15) is 6.10 Å². The van der Waals surface area contributed by atoms with Gasteiger partial charge >= 0.3 is 5.97 Å². The van der Waals surface area contributed by atoms with Crippen molar-refractivity contribution in [1.82, 2.24) is 5.32 Å². The number of amides is 1. The van der Waals surface area contributed by atoms with Crippen molar-refractivity contribution < 1.29 is 85.8 Å². The van der Waals surface area contributed by atoms with Crippen molar-refractivity contribution in [2.24, 2.45) is 47.2 Å². The van der Waals surface area contributed by atoms with Crippen LogP contribution in [0.15, 0.2) is 59.8 Å². The maximum absolute atomic E-state index is 13.5. The van der Waals surface area contributed by atoms with Gasteiger partial charge in [0.05, 0.1) is 85.5 Å². The molecule has 0 aliphatic carbocycles. The molecule has 1 rings (SSSR count). The number of carbonyl (C=O) groups excluding carboxylic acids is 2. The topological polar surface area (TPSA) is 365 Å². The molecule has 0 radical (unpaired) electrons. The summed E-state index contributed by atoms with van der Waals surface area (Å²) in [6, 6.07) is 0. The normalized spacial score (nSPS) is 38.3. The number of carbonyl (C=O) groups is 2. The number of hydrogen-bond donors (Lipinski definition) is 16. The second kappa shape index (κ2) is 37.1. The van der Waals surface area contributed by atoms with E-state index in [0.717, 1.165) is 0 Å². The van der Waals surface area contributed by atoms with Crippen molar-refractivity contribution in [2.75, 3.05) is 13.1 Å². The minimum atomic E-state index is -1.49. The summed E-state index contributed by atoms with van der Waals surface area (Å²) in [5.74, 6) is -4.98. The van der Waals surface area contributed by atoms with Crippen LogP contribution in [0.1, 0.15) is 139 Å². The fourth-order valence-electron chi connectivity index (χ4n) is 9.34. The van der Waals surface area contributed by atoms with Gasteiger partial charge in [0.25, 0.3) is 0 Å². The van der Waals surface area contributed by atoms with Gasteiger partial charge in [0.15, 0.2) is 0 Å². The van der Waals surface area contributed by atoms with E-state index in [2.05, 4.69) is 5.32 Å². The zero-order valence-corrected chi connectivity index (χ0v) is 46.8. The van der Waals surface area contributed by atoms with Gasteiger partial charge in [-0.2, -0.15) is 0 Å². The Morgan fingerprint density at radius 3 is 1.83 bits per heavy atom. The first-order valence-electron chi connectivity index (χ1n) is 27.6. The quantitative estimate of drug-likeness (QED) is 0.127. The average molecular weight is 1090 g/mol. The smallest absolute Gasteiger partial charge is 0.333 e. The third kappa shape index (κ3) is 26.8. The summed E-state index contributed by atoms with van der Waals surface area (Å²) in [6.07, 6.45) is -4.52.